The van der Waals surface area contributed by atoms with E-state index >= 15 is 0 Å². The number of hydrogen-bond donors (Lipinski definition) is 1. The monoisotopic (exact) mass is 386 g/mol. The molecule has 0 aromatic heterocycles. The Hall–Kier alpha value is -2.18. The molecule has 0 bridgehead atoms. The highest BCUT2D eigenvalue weighted by atomic mass is 32.2. The summed E-state index contributed by atoms with van der Waals surface area (Å²) in [6, 6.07) is 16.0. The van der Waals surface area contributed by atoms with Crippen molar-refractivity contribution < 1.29 is 13.2 Å². The Morgan fingerprint density at radius 2 is 1.89 bits per heavy atom. The largest absolute Gasteiger partial charge is 0.348 e. The maximum atomic E-state index is 13.1. The SMILES string of the molecule is CCC1CCCCN1S(=O)(=O)c1cccc(C(=O)NCc2ccccc2)c1. The van der Waals surface area contributed by atoms with Crippen molar-refractivity contribution in [1.29, 1.82) is 0 Å². The molecule has 6 heteroatoms. The summed E-state index contributed by atoms with van der Waals surface area (Å²) < 4.78 is 27.8. The van der Waals surface area contributed by atoms with E-state index in [-0.39, 0.29) is 16.8 Å². The molecule has 0 aliphatic carbocycles. The molecule has 0 saturated carbocycles. The Balaban J connectivity index is 1.77. The second-order valence-electron chi connectivity index (χ2n) is 6.87. The number of carbonyl (C=O) groups excluding carboxylic acids is 1. The van der Waals surface area contributed by atoms with Gasteiger partial charge in [-0.05, 0) is 43.0 Å². The van der Waals surface area contributed by atoms with Crippen LogP contribution < -0.4 is 5.32 Å². The standard InChI is InChI=1S/C21H26N2O3S/c1-2-19-12-6-7-14-23(19)27(25,26)20-13-8-11-18(15-20)21(24)22-16-17-9-4-3-5-10-17/h3-5,8-11,13,15,19H,2,6-7,12,14,16H2,1H3,(H,22,24). The molecular formula is C21H26N2O3S. The summed E-state index contributed by atoms with van der Waals surface area (Å²) in [5.41, 5.74) is 1.35. The number of rotatable bonds is 6. The van der Waals surface area contributed by atoms with Gasteiger partial charge in [0.2, 0.25) is 10.0 Å². The minimum Gasteiger partial charge on any atom is -0.348 e. The van der Waals surface area contributed by atoms with Crippen LogP contribution >= 0.6 is 0 Å². The zero-order chi connectivity index (χ0) is 19.3. The van der Waals surface area contributed by atoms with E-state index in [9.17, 15) is 13.2 Å². The normalized spacial score (nSPS) is 18.2. The average Bonchev–Trinajstić information content (AvgIpc) is 2.72. The third kappa shape index (κ3) is 4.57. The molecule has 1 amide bonds. The summed E-state index contributed by atoms with van der Waals surface area (Å²) in [5.74, 6) is -0.276. The molecule has 1 unspecified atom stereocenters. The van der Waals surface area contributed by atoms with Crippen LogP contribution in [0.15, 0.2) is 59.5 Å². The van der Waals surface area contributed by atoms with E-state index in [4.69, 9.17) is 0 Å². The Kier molecular flexibility index (Phi) is 6.29. The van der Waals surface area contributed by atoms with Gasteiger partial charge in [0.1, 0.15) is 0 Å². The molecule has 5 nitrogen and oxygen atoms in total. The topological polar surface area (TPSA) is 66.5 Å². The van der Waals surface area contributed by atoms with E-state index in [1.165, 1.54) is 6.07 Å². The van der Waals surface area contributed by atoms with Crippen LogP contribution in [0.1, 0.15) is 48.5 Å². The molecule has 1 aliphatic heterocycles. The second kappa shape index (κ2) is 8.67. The van der Waals surface area contributed by atoms with Crippen LogP contribution in [-0.4, -0.2) is 31.2 Å². The first kappa shape index (κ1) is 19.6. The smallest absolute Gasteiger partial charge is 0.251 e. The molecule has 1 saturated heterocycles. The molecule has 144 valence electrons. The second-order valence-corrected chi connectivity index (χ2v) is 8.76. The number of nitrogens with zero attached hydrogens (tertiary/aromatic N) is 1. The van der Waals surface area contributed by atoms with Crippen LogP contribution in [0.3, 0.4) is 0 Å². The zero-order valence-electron chi connectivity index (χ0n) is 15.6. The lowest BCUT2D eigenvalue weighted by atomic mass is 10.0. The molecule has 1 fully saturated rings. The predicted octanol–water partition coefficient (Wildman–Crippen LogP) is 3.57. The molecule has 1 aliphatic rings. The van der Waals surface area contributed by atoms with Crippen LogP contribution in [0.2, 0.25) is 0 Å². The van der Waals surface area contributed by atoms with Crippen LogP contribution in [0.25, 0.3) is 0 Å². The highest BCUT2D eigenvalue weighted by Crippen LogP contribution is 2.27. The summed E-state index contributed by atoms with van der Waals surface area (Å²) in [6.45, 7) is 2.97. The fourth-order valence-corrected chi connectivity index (χ4v) is 5.33. The molecule has 3 rings (SSSR count). The summed E-state index contributed by atoms with van der Waals surface area (Å²) >= 11 is 0. The van der Waals surface area contributed by atoms with Gasteiger partial charge in [0.05, 0.1) is 4.90 Å². The van der Waals surface area contributed by atoms with Gasteiger partial charge in [-0.1, -0.05) is 49.7 Å². The van der Waals surface area contributed by atoms with Gasteiger partial charge in [0.15, 0.2) is 0 Å². The number of hydrogen-bond acceptors (Lipinski definition) is 3. The molecule has 0 radical (unpaired) electrons. The highest BCUT2D eigenvalue weighted by Gasteiger charge is 2.32. The number of sulfonamides is 1. The maximum Gasteiger partial charge on any atom is 0.251 e. The number of carbonyl (C=O) groups is 1. The number of benzene rings is 2. The van der Waals surface area contributed by atoms with E-state index in [1.807, 2.05) is 37.3 Å². The van der Waals surface area contributed by atoms with Gasteiger partial charge in [0.25, 0.3) is 5.91 Å². The minimum absolute atomic E-state index is 0.0410. The molecular weight excluding hydrogens is 360 g/mol. The summed E-state index contributed by atoms with van der Waals surface area (Å²) in [5, 5.41) is 2.85. The van der Waals surface area contributed by atoms with E-state index < -0.39 is 10.0 Å². The minimum atomic E-state index is -3.59. The first-order valence-corrected chi connectivity index (χ1v) is 10.9. The van der Waals surface area contributed by atoms with Crippen LogP contribution in [0.5, 0.6) is 0 Å². The molecule has 2 aromatic rings. The molecule has 0 spiro atoms. The van der Waals surface area contributed by atoms with Gasteiger partial charge >= 0.3 is 0 Å². The van der Waals surface area contributed by atoms with Crippen molar-refractivity contribution in [3.8, 4) is 0 Å². The Morgan fingerprint density at radius 3 is 2.63 bits per heavy atom. The molecule has 2 aromatic carbocycles. The van der Waals surface area contributed by atoms with E-state index in [2.05, 4.69) is 5.32 Å². The van der Waals surface area contributed by atoms with Gasteiger partial charge in [-0.15, -0.1) is 0 Å². The van der Waals surface area contributed by atoms with Gasteiger partial charge in [0, 0.05) is 24.7 Å². The first-order chi connectivity index (χ1) is 13.0. The maximum absolute atomic E-state index is 13.1. The number of nitrogens with one attached hydrogen (secondary N) is 1. The lowest BCUT2D eigenvalue weighted by Gasteiger charge is -2.34. The van der Waals surface area contributed by atoms with Gasteiger partial charge < -0.3 is 5.32 Å². The highest BCUT2D eigenvalue weighted by molar-refractivity contribution is 7.89. The van der Waals surface area contributed by atoms with Crippen molar-refractivity contribution in [1.82, 2.24) is 9.62 Å². The van der Waals surface area contributed by atoms with Gasteiger partial charge in [-0.25, -0.2) is 8.42 Å². The Labute approximate surface area is 161 Å². The zero-order valence-corrected chi connectivity index (χ0v) is 16.4. The lowest BCUT2D eigenvalue weighted by molar-refractivity contribution is 0.0950. The fourth-order valence-electron chi connectivity index (χ4n) is 3.51. The average molecular weight is 387 g/mol. The van der Waals surface area contributed by atoms with Crippen molar-refractivity contribution in [2.24, 2.45) is 0 Å². The first-order valence-electron chi connectivity index (χ1n) is 9.46. The quantitative estimate of drug-likeness (QED) is 0.825. The van der Waals surface area contributed by atoms with Crippen molar-refractivity contribution in [2.45, 2.75) is 50.1 Å². The summed E-state index contributed by atoms with van der Waals surface area (Å²) in [4.78, 5) is 12.7. The van der Waals surface area contributed by atoms with Crippen LogP contribution in [0, 0.1) is 0 Å². The summed E-state index contributed by atoms with van der Waals surface area (Å²) in [6.07, 6.45) is 3.64. The predicted molar refractivity (Wildman–Crippen MR) is 106 cm³/mol. The Bertz CT molecular complexity index is 881. The van der Waals surface area contributed by atoms with Gasteiger partial charge in [-0.3, -0.25) is 4.79 Å². The van der Waals surface area contributed by atoms with Crippen molar-refractivity contribution >= 4 is 15.9 Å². The lowest BCUT2D eigenvalue weighted by Crippen LogP contribution is -2.43. The van der Waals surface area contributed by atoms with Crippen LogP contribution in [0.4, 0.5) is 0 Å². The summed E-state index contributed by atoms with van der Waals surface area (Å²) in [7, 11) is -3.59. The number of piperidine rings is 1. The molecule has 1 heterocycles. The number of amides is 1. The van der Waals surface area contributed by atoms with Crippen molar-refractivity contribution in [3.63, 3.8) is 0 Å². The Morgan fingerprint density at radius 1 is 1.11 bits per heavy atom. The van der Waals surface area contributed by atoms with Gasteiger partial charge in [-0.2, -0.15) is 4.31 Å². The van der Waals surface area contributed by atoms with E-state index in [1.54, 1.807) is 22.5 Å². The molecule has 1 atom stereocenters. The van der Waals surface area contributed by atoms with E-state index in [0.717, 1.165) is 31.2 Å². The van der Waals surface area contributed by atoms with Crippen molar-refractivity contribution in [3.05, 3.63) is 65.7 Å². The fraction of sp³-hybridized carbons (Fsp3) is 0.381. The van der Waals surface area contributed by atoms with Crippen molar-refractivity contribution in [2.75, 3.05) is 6.54 Å². The third-order valence-corrected chi connectivity index (χ3v) is 6.99. The third-order valence-electron chi connectivity index (χ3n) is 5.04. The molecule has 1 N–H and O–H groups in total. The molecule has 27 heavy (non-hydrogen) atoms. The van der Waals surface area contributed by atoms with Crippen LogP contribution in [-0.2, 0) is 16.6 Å². The van der Waals surface area contributed by atoms with E-state index in [0.29, 0.717) is 18.7 Å².